The fourth-order valence-electron chi connectivity index (χ4n) is 4.89. The molecule has 4 heterocycles. The number of hydrogen-bond donors (Lipinski definition) is 0. The predicted molar refractivity (Wildman–Crippen MR) is 118 cm³/mol. The quantitative estimate of drug-likeness (QED) is 0.773. The van der Waals surface area contributed by atoms with Gasteiger partial charge in [0.05, 0.1) is 0 Å². The van der Waals surface area contributed by atoms with Crippen molar-refractivity contribution in [3.05, 3.63) is 18.0 Å². The Hall–Kier alpha value is -1.69. The number of piperidine rings is 1. The molecule has 2 atom stereocenters. The van der Waals surface area contributed by atoms with Crippen molar-refractivity contribution in [3.63, 3.8) is 0 Å². The van der Waals surface area contributed by atoms with Gasteiger partial charge in [-0.1, -0.05) is 20.3 Å². The van der Waals surface area contributed by atoms with Crippen LogP contribution in [0.2, 0.25) is 0 Å². The van der Waals surface area contributed by atoms with Crippen LogP contribution in [0.15, 0.2) is 12.4 Å². The molecule has 1 amide bonds. The highest BCUT2D eigenvalue weighted by atomic mass is 16.2. The van der Waals surface area contributed by atoms with Crippen molar-refractivity contribution < 1.29 is 4.79 Å². The second-order valence-corrected chi connectivity index (χ2v) is 9.14. The number of carbonyl (C=O) groups is 1. The van der Waals surface area contributed by atoms with Gasteiger partial charge in [0, 0.05) is 63.6 Å². The number of fused-ring (bicyclic) bond motifs is 2. The zero-order valence-electron chi connectivity index (χ0n) is 19.0. The first kappa shape index (κ1) is 22.0. The Kier molecular flexibility index (Phi) is 7.49. The molecule has 3 aliphatic heterocycles. The Labute approximate surface area is 176 Å². The Bertz CT molecular complexity index is 640. The summed E-state index contributed by atoms with van der Waals surface area (Å²) >= 11 is 0. The maximum absolute atomic E-state index is 11.5. The number of anilines is 1. The van der Waals surface area contributed by atoms with E-state index in [-0.39, 0.29) is 5.91 Å². The Balaban J connectivity index is 0.000000755. The minimum atomic E-state index is 0.186. The Morgan fingerprint density at radius 1 is 1.03 bits per heavy atom. The highest BCUT2D eigenvalue weighted by Crippen LogP contribution is 2.34. The van der Waals surface area contributed by atoms with Crippen LogP contribution >= 0.6 is 0 Å². The van der Waals surface area contributed by atoms with Gasteiger partial charge < -0.3 is 9.80 Å². The maximum atomic E-state index is 11.5. The summed E-state index contributed by atoms with van der Waals surface area (Å²) in [7, 11) is 0. The average Bonchev–Trinajstić information content (AvgIpc) is 2.97. The zero-order valence-corrected chi connectivity index (χ0v) is 19.0. The van der Waals surface area contributed by atoms with E-state index in [0.29, 0.717) is 24.0 Å². The molecular formula is C23H39N5O. The first-order valence-corrected chi connectivity index (χ1v) is 11.5. The lowest BCUT2D eigenvalue weighted by Crippen LogP contribution is -2.56. The molecule has 0 spiro atoms. The molecule has 3 fully saturated rings. The second kappa shape index (κ2) is 9.88. The first-order valence-electron chi connectivity index (χ1n) is 11.5. The highest BCUT2D eigenvalue weighted by Gasteiger charge is 2.41. The largest absolute Gasteiger partial charge is 0.343 e. The van der Waals surface area contributed by atoms with Crippen molar-refractivity contribution in [2.45, 2.75) is 90.8 Å². The van der Waals surface area contributed by atoms with E-state index >= 15 is 0 Å². The number of carbonyl (C=O) groups excluding carboxylic acids is 1. The van der Waals surface area contributed by atoms with Crippen molar-refractivity contribution in [2.75, 3.05) is 31.1 Å². The molecule has 0 aromatic carbocycles. The fourth-order valence-corrected chi connectivity index (χ4v) is 4.89. The molecule has 2 bridgehead atoms. The summed E-state index contributed by atoms with van der Waals surface area (Å²) in [5.41, 5.74) is 1.23. The molecule has 0 saturated carbocycles. The normalized spacial score (nSPS) is 25.2. The van der Waals surface area contributed by atoms with Crippen LogP contribution in [-0.4, -0.2) is 70.0 Å². The van der Waals surface area contributed by atoms with Gasteiger partial charge in [-0.05, 0) is 51.0 Å². The number of amides is 1. The summed E-state index contributed by atoms with van der Waals surface area (Å²) < 4.78 is 0. The van der Waals surface area contributed by atoms with Crippen LogP contribution in [0.25, 0.3) is 0 Å². The van der Waals surface area contributed by atoms with E-state index in [0.717, 1.165) is 45.0 Å². The molecule has 6 nitrogen and oxygen atoms in total. The monoisotopic (exact) mass is 401 g/mol. The van der Waals surface area contributed by atoms with Gasteiger partial charge in [-0.2, -0.15) is 0 Å². The molecule has 0 aliphatic carbocycles. The third kappa shape index (κ3) is 5.08. The van der Waals surface area contributed by atoms with Crippen LogP contribution in [0.4, 0.5) is 5.95 Å². The summed E-state index contributed by atoms with van der Waals surface area (Å²) in [5, 5.41) is 0. The Morgan fingerprint density at radius 3 is 2.00 bits per heavy atom. The lowest BCUT2D eigenvalue weighted by molar-refractivity contribution is -0.129. The van der Waals surface area contributed by atoms with Crippen molar-refractivity contribution in [3.8, 4) is 0 Å². The van der Waals surface area contributed by atoms with Crippen LogP contribution in [-0.2, 0) is 4.79 Å². The summed E-state index contributed by atoms with van der Waals surface area (Å²) in [6, 6.07) is 1.73. The zero-order chi connectivity index (χ0) is 21.0. The molecule has 1 aromatic rings. The average molecular weight is 402 g/mol. The smallest absolute Gasteiger partial charge is 0.225 e. The van der Waals surface area contributed by atoms with Crippen LogP contribution in [0, 0.1) is 0 Å². The lowest BCUT2D eigenvalue weighted by atomic mass is 9.91. The third-order valence-corrected chi connectivity index (χ3v) is 6.54. The first-order chi connectivity index (χ1) is 13.9. The number of hydrogen-bond acceptors (Lipinski definition) is 5. The van der Waals surface area contributed by atoms with E-state index in [1.54, 1.807) is 6.92 Å². The van der Waals surface area contributed by atoms with Crippen LogP contribution in [0.3, 0.4) is 0 Å². The van der Waals surface area contributed by atoms with Gasteiger partial charge in [0.2, 0.25) is 11.9 Å². The third-order valence-electron chi connectivity index (χ3n) is 6.54. The van der Waals surface area contributed by atoms with Crippen molar-refractivity contribution in [2.24, 2.45) is 0 Å². The minimum absolute atomic E-state index is 0.186. The van der Waals surface area contributed by atoms with Crippen LogP contribution in [0.5, 0.6) is 0 Å². The number of piperazine rings is 1. The Morgan fingerprint density at radius 2 is 1.55 bits per heavy atom. The van der Waals surface area contributed by atoms with Gasteiger partial charge in [0.1, 0.15) is 0 Å². The van der Waals surface area contributed by atoms with E-state index in [2.05, 4.69) is 37.5 Å². The van der Waals surface area contributed by atoms with Crippen molar-refractivity contribution in [1.82, 2.24) is 19.8 Å². The van der Waals surface area contributed by atoms with Gasteiger partial charge in [-0.25, -0.2) is 9.97 Å². The van der Waals surface area contributed by atoms with Gasteiger partial charge in [-0.15, -0.1) is 0 Å². The molecule has 4 rings (SSSR count). The standard InChI is InChI=1S/C20H31N5O.C3H8/c1-14(2)24-12-18-4-5-19(13-24)25(18)20-21-10-17(11-22-20)16-6-8-23(9-7-16)15(3)26;1-3-2/h10-11,14,16,18-19H,4-9,12-13H2,1-3H3;3H2,1-2H3. The summed E-state index contributed by atoms with van der Waals surface area (Å²) in [6.45, 7) is 14.4. The fraction of sp³-hybridized carbons (Fsp3) is 0.783. The van der Waals surface area contributed by atoms with Crippen LogP contribution in [0.1, 0.15) is 78.2 Å². The highest BCUT2D eigenvalue weighted by molar-refractivity contribution is 5.73. The van der Waals surface area contributed by atoms with Crippen molar-refractivity contribution >= 4 is 11.9 Å². The molecule has 6 heteroatoms. The molecule has 1 aromatic heterocycles. The number of likely N-dealkylation sites (tertiary alicyclic amines) is 2. The van der Waals surface area contributed by atoms with Gasteiger partial charge >= 0.3 is 0 Å². The number of rotatable bonds is 3. The lowest BCUT2D eigenvalue weighted by Gasteiger charge is -2.42. The summed E-state index contributed by atoms with van der Waals surface area (Å²) in [4.78, 5) is 28.0. The van der Waals surface area contributed by atoms with Crippen molar-refractivity contribution in [1.29, 1.82) is 0 Å². The SMILES string of the molecule is CC(=O)N1CCC(c2cnc(N3C4CCC3CN(C(C)C)C4)nc2)CC1.CCC. The molecule has 2 unspecified atom stereocenters. The predicted octanol–water partition coefficient (Wildman–Crippen LogP) is 3.68. The van der Waals surface area contributed by atoms with E-state index < -0.39 is 0 Å². The van der Waals surface area contributed by atoms with E-state index in [4.69, 9.17) is 9.97 Å². The molecule has 3 aliphatic rings. The number of aromatic nitrogens is 2. The molecule has 0 radical (unpaired) electrons. The van der Waals surface area contributed by atoms with E-state index in [1.807, 2.05) is 17.3 Å². The van der Waals surface area contributed by atoms with Gasteiger partial charge in [0.15, 0.2) is 0 Å². The minimum Gasteiger partial charge on any atom is -0.343 e. The number of nitrogens with zero attached hydrogens (tertiary/aromatic N) is 5. The molecule has 3 saturated heterocycles. The van der Waals surface area contributed by atoms with E-state index in [9.17, 15) is 4.79 Å². The molecule has 162 valence electrons. The van der Waals surface area contributed by atoms with Gasteiger partial charge in [-0.3, -0.25) is 9.69 Å². The maximum Gasteiger partial charge on any atom is 0.225 e. The van der Waals surface area contributed by atoms with Crippen LogP contribution < -0.4 is 4.90 Å². The second-order valence-electron chi connectivity index (χ2n) is 9.14. The van der Waals surface area contributed by atoms with E-state index in [1.165, 1.54) is 24.8 Å². The molecule has 0 N–H and O–H groups in total. The van der Waals surface area contributed by atoms with Gasteiger partial charge in [0.25, 0.3) is 0 Å². The topological polar surface area (TPSA) is 52.6 Å². The molecule has 29 heavy (non-hydrogen) atoms. The molecular weight excluding hydrogens is 362 g/mol. The summed E-state index contributed by atoms with van der Waals surface area (Å²) in [6.07, 6.45) is 9.85. The summed E-state index contributed by atoms with van der Waals surface area (Å²) in [5.74, 6) is 1.58.